The lowest BCUT2D eigenvalue weighted by Crippen LogP contribution is -2.69. The Morgan fingerprint density at radius 2 is 1.50 bits per heavy atom. The summed E-state index contributed by atoms with van der Waals surface area (Å²) in [4.78, 5) is 0. The lowest BCUT2D eigenvalue weighted by Gasteiger charge is -2.76. The van der Waals surface area contributed by atoms with Crippen LogP contribution in [0.2, 0.25) is 0 Å². The maximum absolute atomic E-state index is 11.0. The number of hydrogen-bond donors (Lipinski definition) is 1. The van der Waals surface area contributed by atoms with E-state index in [0.29, 0.717) is 37.9 Å². The molecule has 0 bridgehead atoms. The van der Waals surface area contributed by atoms with Gasteiger partial charge in [0.05, 0.1) is 6.10 Å². The van der Waals surface area contributed by atoms with Crippen molar-refractivity contribution in [2.24, 2.45) is 49.2 Å². The Bertz CT molecular complexity index is 904. The van der Waals surface area contributed by atoms with Crippen molar-refractivity contribution < 1.29 is 5.11 Å². The molecule has 0 amide bonds. The summed E-state index contributed by atoms with van der Waals surface area (Å²) in [5, 5.41) is 11.0. The van der Waals surface area contributed by atoms with Crippen LogP contribution in [-0.2, 0) is 0 Å². The summed E-state index contributed by atoms with van der Waals surface area (Å²) in [5.41, 5.74) is 4.56. The number of aliphatic hydroxyl groups excluding tert-OH is 1. The highest BCUT2D eigenvalue weighted by atomic mass is 16.3. The maximum Gasteiger partial charge on any atom is 0.0599 e. The van der Waals surface area contributed by atoms with E-state index in [9.17, 15) is 5.11 Å². The normalized spacial score (nSPS) is 65.5. The van der Waals surface area contributed by atoms with Gasteiger partial charge in [0.25, 0.3) is 0 Å². The van der Waals surface area contributed by atoms with E-state index in [1.807, 2.05) is 5.57 Å². The summed E-state index contributed by atoms with van der Waals surface area (Å²) in [6.45, 7) is 21.2. The van der Waals surface area contributed by atoms with Crippen LogP contribution in [-0.4, -0.2) is 11.2 Å². The van der Waals surface area contributed by atoms with E-state index in [1.54, 1.807) is 0 Å². The smallest absolute Gasteiger partial charge is 0.0599 e. The van der Waals surface area contributed by atoms with E-state index >= 15 is 0 Å². The van der Waals surface area contributed by atoms with Crippen LogP contribution in [0.25, 0.3) is 0 Å². The molecule has 6 aliphatic rings. The first-order chi connectivity index (χ1) is 14.7. The van der Waals surface area contributed by atoms with Gasteiger partial charge in [-0.25, -0.2) is 0 Å². The van der Waals surface area contributed by atoms with E-state index in [4.69, 9.17) is 0 Å². The fraction of sp³-hybridized carbons (Fsp3) is 0.935. The number of rotatable bonds is 0. The van der Waals surface area contributed by atoms with Crippen molar-refractivity contribution in [3.63, 3.8) is 0 Å². The fourth-order valence-electron chi connectivity index (χ4n) is 12.4. The van der Waals surface area contributed by atoms with Gasteiger partial charge in [-0.2, -0.15) is 0 Å². The second-order valence-corrected chi connectivity index (χ2v) is 15.4. The third kappa shape index (κ3) is 1.86. The molecule has 0 heterocycles. The molecule has 0 aromatic heterocycles. The summed E-state index contributed by atoms with van der Waals surface area (Å²) in [5.74, 6) is 0.794. The van der Waals surface area contributed by atoms with E-state index in [-0.39, 0.29) is 11.5 Å². The van der Waals surface area contributed by atoms with Crippen molar-refractivity contribution in [3.05, 3.63) is 11.6 Å². The SMILES string of the molecule is CC1CCCC2(C)CC[C@]3(C)C(=CC[C@]4(C)C5(C)CC[C@@H](O)[C@@]6(C)C[C@@]56CCC43C)C12C. The van der Waals surface area contributed by atoms with Gasteiger partial charge >= 0.3 is 0 Å². The predicted molar refractivity (Wildman–Crippen MR) is 133 cm³/mol. The molecule has 0 aromatic rings. The molecule has 6 rings (SSSR count). The van der Waals surface area contributed by atoms with Gasteiger partial charge in [-0.1, -0.05) is 73.5 Å². The van der Waals surface area contributed by atoms with Crippen molar-refractivity contribution in [3.8, 4) is 0 Å². The molecule has 0 aliphatic heterocycles. The molecule has 180 valence electrons. The van der Waals surface area contributed by atoms with Crippen LogP contribution >= 0.6 is 0 Å². The predicted octanol–water partition coefficient (Wildman–Crippen LogP) is 8.31. The molecule has 0 aromatic carbocycles. The van der Waals surface area contributed by atoms with E-state index in [1.165, 1.54) is 64.2 Å². The molecule has 1 heteroatoms. The van der Waals surface area contributed by atoms with Crippen LogP contribution in [0.5, 0.6) is 0 Å². The first-order valence-corrected chi connectivity index (χ1v) is 14.1. The minimum Gasteiger partial charge on any atom is -0.393 e. The van der Waals surface area contributed by atoms with Gasteiger partial charge in [0.1, 0.15) is 0 Å². The average Bonchev–Trinajstić information content (AvgIpc) is 3.38. The Morgan fingerprint density at radius 1 is 0.781 bits per heavy atom. The highest BCUT2D eigenvalue weighted by Crippen LogP contribution is 2.90. The molecule has 10 atom stereocenters. The summed E-state index contributed by atoms with van der Waals surface area (Å²) < 4.78 is 0. The minimum atomic E-state index is -0.0776. The Morgan fingerprint density at radius 3 is 2.22 bits per heavy atom. The molecule has 32 heavy (non-hydrogen) atoms. The summed E-state index contributed by atoms with van der Waals surface area (Å²) in [6, 6.07) is 0. The minimum absolute atomic E-state index is 0.0776. The number of aliphatic hydroxyl groups is 1. The molecule has 1 spiro atoms. The third-order valence-electron chi connectivity index (χ3n) is 15.7. The zero-order valence-corrected chi connectivity index (χ0v) is 22.5. The van der Waals surface area contributed by atoms with Crippen molar-refractivity contribution in [2.45, 2.75) is 132 Å². The number of hydrogen-bond acceptors (Lipinski definition) is 1. The molecule has 1 N–H and O–H groups in total. The maximum atomic E-state index is 11.0. The second kappa shape index (κ2) is 5.74. The molecule has 0 radical (unpaired) electrons. The molecular weight excluding hydrogens is 388 g/mol. The van der Waals surface area contributed by atoms with Gasteiger partial charge in [-0.15, -0.1) is 0 Å². The number of allylic oxidation sites excluding steroid dienone is 2. The Hall–Kier alpha value is -0.300. The average molecular weight is 439 g/mol. The van der Waals surface area contributed by atoms with Gasteiger partial charge in [0, 0.05) is 5.41 Å². The zero-order chi connectivity index (χ0) is 23.2. The topological polar surface area (TPSA) is 20.2 Å². The van der Waals surface area contributed by atoms with E-state index < -0.39 is 0 Å². The zero-order valence-electron chi connectivity index (χ0n) is 22.5. The molecule has 1 nitrogen and oxygen atoms in total. The van der Waals surface area contributed by atoms with Crippen molar-refractivity contribution in [1.82, 2.24) is 0 Å². The largest absolute Gasteiger partial charge is 0.393 e. The van der Waals surface area contributed by atoms with Gasteiger partial charge < -0.3 is 5.11 Å². The molecular formula is C31H50O. The van der Waals surface area contributed by atoms with E-state index in [2.05, 4.69) is 61.5 Å². The van der Waals surface area contributed by atoms with Gasteiger partial charge in [0.2, 0.25) is 0 Å². The molecule has 6 aliphatic carbocycles. The summed E-state index contributed by atoms with van der Waals surface area (Å²) in [6.07, 6.45) is 17.3. The van der Waals surface area contributed by atoms with Crippen LogP contribution in [0.1, 0.15) is 126 Å². The molecule has 5 fully saturated rings. The highest BCUT2D eigenvalue weighted by Gasteiger charge is 2.84. The Kier molecular flexibility index (Phi) is 3.98. The summed E-state index contributed by atoms with van der Waals surface area (Å²) >= 11 is 0. The monoisotopic (exact) mass is 438 g/mol. The quantitative estimate of drug-likeness (QED) is 0.377. The standard InChI is InChI=1S/C31H50O/c1-21-10-9-13-24(2)16-17-25(3)22(30(21,24)8)11-14-28(6)27(25,5)18-19-31-20-26(31,4)23(32)12-15-29(28,31)7/h11,21,23,32H,9-10,12-20H2,1-8H3/t21?,23-,24?,25-,26-,27?,28+,29?,30?,31-/m1/s1. The van der Waals surface area contributed by atoms with Crippen LogP contribution < -0.4 is 0 Å². The molecule has 5 saturated carbocycles. The Labute approximate surface area is 198 Å². The highest BCUT2D eigenvalue weighted by molar-refractivity contribution is 5.41. The first-order valence-electron chi connectivity index (χ1n) is 14.1. The van der Waals surface area contributed by atoms with E-state index in [0.717, 1.165) is 12.3 Å². The Balaban J connectivity index is 1.53. The second-order valence-electron chi connectivity index (χ2n) is 15.4. The lowest BCUT2D eigenvalue weighted by atomic mass is 9.28. The molecule has 5 unspecified atom stereocenters. The van der Waals surface area contributed by atoms with Crippen LogP contribution in [0.15, 0.2) is 11.6 Å². The number of fused-ring (bicyclic) bond motifs is 6. The van der Waals surface area contributed by atoms with Crippen molar-refractivity contribution in [1.29, 1.82) is 0 Å². The third-order valence-corrected chi connectivity index (χ3v) is 15.7. The lowest BCUT2D eigenvalue weighted by molar-refractivity contribution is -0.241. The van der Waals surface area contributed by atoms with Crippen LogP contribution in [0, 0.1) is 49.2 Å². The van der Waals surface area contributed by atoms with Gasteiger partial charge in [-0.3, -0.25) is 0 Å². The van der Waals surface area contributed by atoms with Crippen molar-refractivity contribution >= 4 is 0 Å². The first kappa shape index (κ1) is 22.2. The van der Waals surface area contributed by atoms with Gasteiger partial charge in [0.15, 0.2) is 0 Å². The fourth-order valence-corrected chi connectivity index (χ4v) is 12.4. The summed E-state index contributed by atoms with van der Waals surface area (Å²) in [7, 11) is 0. The van der Waals surface area contributed by atoms with Crippen LogP contribution in [0.3, 0.4) is 0 Å². The van der Waals surface area contributed by atoms with Crippen LogP contribution in [0.4, 0.5) is 0 Å². The van der Waals surface area contributed by atoms with Gasteiger partial charge in [-0.05, 0) is 108 Å². The molecule has 0 saturated heterocycles. The van der Waals surface area contributed by atoms with Crippen molar-refractivity contribution in [2.75, 3.05) is 0 Å².